The molecular weight excluding hydrogens is 611 g/mol. The number of nitrogens with one attached hydrogen (secondary N) is 1. The van der Waals surface area contributed by atoms with Crippen LogP contribution in [0.1, 0.15) is 58.7 Å². The lowest BCUT2D eigenvalue weighted by molar-refractivity contribution is 0.0346. The van der Waals surface area contributed by atoms with Crippen LogP contribution in [0, 0.1) is 0 Å². The molecule has 6 rings (SSSR count). The number of hydrogen-bond acceptors (Lipinski definition) is 8. The maximum atomic E-state index is 13.3. The molecule has 9 heteroatoms. The number of rotatable bonds is 13. The summed E-state index contributed by atoms with van der Waals surface area (Å²) in [5.41, 5.74) is 4.75. The molecule has 2 aromatic heterocycles. The molecule has 1 aliphatic heterocycles. The van der Waals surface area contributed by atoms with Crippen LogP contribution in [0.15, 0.2) is 89.5 Å². The van der Waals surface area contributed by atoms with Gasteiger partial charge in [-0.25, -0.2) is 0 Å². The maximum Gasteiger partial charge on any atom is 0.274 e. The van der Waals surface area contributed by atoms with Crippen LogP contribution in [-0.2, 0) is 24.5 Å². The van der Waals surface area contributed by atoms with Gasteiger partial charge in [-0.15, -0.1) is 11.3 Å². The van der Waals surface area contributed by atoms with Crippen molar-refractivity contribution in [3.05, 3.63) is 112 Å². The van der Waals surface area contributed by atoms with Gasteiger partial charge in [0.15, 0.2) is 11.5 Å². The number of nitrogens with zero attached hydrogens (tertiary/aromatic N) is 2. The van der Waals surface area contributed by atoms with Gasteiger partial charge >= 0.3 is 0 Å². The highest BCUT2D eigenvalue weighted by Gasteiger charge is 2.29. The smallest absolute Gasteiger partial charge is 0.274 e. The van der Waals surface area contributed by atoms with E-state index in [4.69, 9.17) is 18.7 Å². The molecule has 1 aliphatic rings. The van der Waals surface area contributed by atoms with Gasteiger partial charge in [-0.2, -0.15) is 0 Å². The molecule has 1 amide bonds. The molecule has 47 heavy (non-hydrogen) atoms. The van der Waals surface area contributed by atoms with Crippen molar-refractivity contribution in [1.82, 2.24) is 15.4 Å². The Morgan fingerprint density at radius 1 is 0.915 bits per heavy atom. The third kappa shape index (κ3) is 7.93. The van der Waals surface area contributed by atoms with E-state index in [2.05, 4.69) is 47.4 Å². The summed E-state index contributed by atoms with van der Waals surface area (Å²) in [7, 11) is 0. The second-order valence-corrected chi connectivity index (χ2v) is 13.0. The van der Waals surface area contributed by atoms with Crippen molar-refractivity contribution in [3.8, 4) is 33.3 Å². The highest BCUT2D eigenvalue weighted by molar-refractivity contribution is 7.15. The van der Waals surface area contributed by atoms with E-state index in [-0.39, 0.29) is 17.5 Å². The number of morpholine rings is 1. The minimum atomic E-state index is -0.278. The maximum absolute atomic E-state index is 13.3. The third-order valence-corrected chi connectivity index (χ3v) is 9.18. The standard InChI is InChI=1S/C38H41N3O5S/c1-4-39-38(42)36-35(34-16-15-29(47-34)23-41-17-19-43-20-18-41)37(46-40-36)31-21-30(26(2)3)32(44-24-27-11-7-5-8-12-27)22-33(31)45-25-28-13-9-6-10-14-28/h5-16,21-22,26H,4,17-20,23-25H2,1-3H3,(H,39,42). The predicted octanol–water partition coefficient (Wildman–Crippen LogP) is 7.93. The summed E-state index contributed by atoms with van der Waals surface area (Å²) in [4.78, 5) is 17.8. The van der Waals surface area contributed by atoms with E-state index in [1.54, 1.807) is 11.3 Å². The summed E-state index contributed by atoms with van der Waals surface area (Å²) in [5.74, 6) is 1.68. The molecule has 0 bridgehead atoms. The van der Waals surface area contributed by atoms with E-state index in [0.717, 1.165) is 65.7 Å². The van der Waals surface area contributed by atoms with Crippen LogP contribution in [0.25, 0.3) is 21.8 Å². The van der Waals surface area contributed by atoms with E-state index < -0.39 is 0 Å². The number of aromatic nitrogens is 1. The van der Waals surface area contributed by atoms with Crippen LogP contribution in [0.3, 0.4) is 0 Å². The number of carbonyl (C=O) groups is 1. The highest BCUT2D eigenvalue weighted by atomic mass is 32.1. The molecule has 1 fully saturated rings. The first-order valence-corrected chi connectivity index (χ1v) is 17.0. The zero-order chi connectivity index (χ0) is 32.6. The van der Waals surface area contributed by atoms with Crippen LogP contribution >= 0.6 is 11.3 Å². The van der Waals surface area contributed by atoms with E-state index >= 15 is 0 Å². The van der Waals surface area contributed by atoms with Crippen molar-refractivity contribution in [2.24, 2.45) is 0 Å². The Morgan fingerprint density at radius 2 is 1.57 bits per heavy atom. The molecule has 0 atom stereocenters. The molecule has 3 aromatic carbocycles. The number of ether oxygens (including phenoxy) is 3. The summed E-state index contributed by atoms with van der Waals surface area (Å²) in [6.07, 6.45) is 0. The van der Waals surface area contributed by atoms with E-state index in [1.165, 1.54) is 4.88 Å². The van der Waals surface area contributed by atoms with Gasteiger partial charge in [-0.1, -0.05) is 79.7 Å². The lowest BCUT2D eigenvalue weighted by Gasteiger charge is -2.25. The number of amides is 1. The number of benzene rings is 3. The lowest BCUT2D eigenvalue weighted by atomic mass is 9.95. The molecule has 0 spiro atoms. The topological polar surface area (TPSA) is 86.1 Å². The molecular formula is C38H41N3O5S. The molecule has 8 nitrogen and oxygen atoms in total. The van der Waals surface area contributed by atoms with Crippen molar-refractivity contribution >= 4 is 17.2 Å². The number of thiophene rings is 1. The van der Waals surface area contributed by atoms with E-state index in [0.29, 0.717) is 36.8 Å². The Kier molecular flexibility index (Phi) is 10.7. The second-order valence-electron chi connectivity index (χ2n) is 11.8. The van der Waals surface area contributed by atoms with Crippen molar-refractivity contribution in [1.29, 1.82) is 0 Å². The molecule has 0 aliphatic carbocycles. The zero-order valence-corrected chi connectivity index (χ0v) is 28.0. The van der Waals surface area contributed by atoms with Gasteiger partial charge in [-0.3, -0.25) is 9.69 Å². The summed E-state index contributed by atoms with van der Waals surface area (Å²) in [6, 6.07) is 28.4. The van der Waals surface area contributed by atoms with E-state index in [9.17, 15) is 4.79 Å². The second kappa shape index (κ2) is 15.4. The number of carbonyl (C=O) groups excluding carboxylic acids is 1. The summed E-state index contributed by atoms with van der Waals surface area (Å²) < 4.78 is 24.6. The molecule has 1 saturated heterocycles. The summed E-state index contributed by atoms with van der Waals surface area (Å²) in [5, 5.41) is 7.26. The fourth-order valence-electron chi connectivity index (χ4n) is 5.60. The van der Waals surface area contributed by atoms with Crippen LogP contribution in [0.2, 0.25) is 0 Å². The molecule has 244 valence electrons. The fourth-order valence-corrected chi connectivity index (χ4v) is 6.69. The predicted molar refractivity (Wildman–Crippen MR) is 185 cm³/mol. The van der Waals surface area contributed by atoms with Crippen LogP contribution < -0.4 is 14.8 Å². The first-order chi connectivity index (χ1) is 23.0. The average molecular weight is 652 g/mol. The Morgan fingerprint density at radius 3 is 2.21 bits per heavy atom. The monoisotopic (exact) mass is 651 g/mol. The van der Waals surface area contributed by atoms with Crippen LogP contribution in [0.4, 0.5) is 0 Å². The molecule has 3 heterocycles. The fraction of sp³-hybridized carbons (Fsp3) is 0.316. The lowest BCUT2D eigenvalue weighted by Crippen LogP contribution is -2.35. The molecule has 5 aromatic rings. The minimum absolute atomic E-state index is 0.138. The quantitative estimate of drug-likeness (QED) is 0.138. The van der Waals surface area contributed by atoms with Crippen LogP contribution in [0.5, 0.6) is 11.5 Å². The first kappa shape index (κ1) is 32.5. The number of hydrogen-bond donors (Lipinski definition) is 1. The SMILES string of the molecule is CCNC(=O)c1noc(-c2cc(C(C)C)c(OCc3ccccc3)cc2OCc2ccccc2)c1-c1ccc(CN2CCOCC2)s1. The molecule has 0 radical (unpaired) electrons. The normalized spacial score (nSPS) is 13.5. The van der Waals surface area contributed by atoms with Gasteiger partial charge in [-0.05, 0) is 47.7 Å². The Labute approximate surface area is 280 Å². The summed E-state index contributed by atoms with van der Waals surface area (Å²) in [6.45, 7) is 11.5. The largest absolute Gasteiger partial charge is 0.488 e. The van der Waals surface area contributed by atoms with Gasteiger partial charge in [0, 0.05) is 42.0 Å². The third-order valence-electron chi connectivity index (χ3n) is 8.09. The van der Waals surface area contributed by atoms with Gasteiger partial charge in [0.2, 0.25) is 0 Å². The van der Waals surface area contributed by atoms with E-state index in [1.807, 2.05) is 73.7 Å². The van der Waals surface area contributed by atoms with Gasteiger partial charge in [0.25, 0.3) is 5.91 Å². The van der Waals surface area contributed by atoms with Crippen LogP contribution in [-0.4, -0.2) is 48.8 Å². The van der Waals surface area contributed by atoms with Crippen molar-refractivity contribution in [2.45, 2.75) is 46.4 Å². The Balaban J connectivity index is 1.44. The van der Waals surface area contributed by atoms with Gasteiger partial charge in [0.05, 0.1) is 24.3 Å². The first-order valence-electron chi connectivity index (χ1n) is 16.2. The molecule has 0 saturated carbocycles. The summed E-state index contributed by atoms with van der Waals surface area (Å²) >= 11 is 1.65. The Bertz CT molecular complexity index is 1760. The van der Waals surface area contributed by atoms with Crippen molar-refractivity contribution < 1.29 is 23.5 Å². The van der Waals surface area contributed by atoms with Crippen molar-refractivity contribution in [2.75, 3.05) is 32.8 Å². The van der Waals surface area contributed by atoms with Gasteiger partial charge in [0.1, 0.15) is 24.7 Å². The molecule has 1 N–H and O–H groups in total. The van der Waals surface area contributed by atoms with Gasteiger partial charge < -0.3 is 24.1 Å². The highest BCUT2D eigenvalue weighted by Crippen LogP contribution is 2.46. The minimum Gasteiger partial charge on any atom is -0.488 e. The Hall–Kier alpha value is -4.44. The zero-order valence-electron chi connectivity index (χ0n) is 27.2. The molecule has 0 unspecified atom stereocenters. The average Bonchev–Trinajstić information content (AvgIpc) is 3.75. The van der Waals surface area contributed by atoms with Crippen molar-refractivity contribution in [3.63, 3.8) is 0 Å².